The number of halogens is 1. The van der Waals surface area contributed by atoms with E-state index in [9.17, 15) is 9.18 Å². The van der Waals surface area contributed by atoms with E-state index in [4.69, 9.17) is 5.73 Å². The van der Waals surface area contributed by atoms with Crippen molar-refractivity contribution < 1.29 is 9.18 Å². The molecule has 1 unspecified atom stereocenters. The van der Waals surface area contributed by atoms with Gasteiger partial charge in [0.25, 0.3) is 5.91 Å². The largest absolute Gasteiger partial charge is 0.365 e. The standard InChI is InChI=1S/C7H8FN3O/c1-4(8)6-5(7(9)12)2-10-3-11-6/h2-4H,1H3,(H2,9,12). The Kier molecular flexibility index (Phi) is 2.32. The average molecular weight is 169 g/mol. The molecule has 0 radical (unpaired) electrons. The molecule has 0 fully saturated rings. The quantitative estimate of drug-likeness (QED) is 0.705. The molecule has 0 aliphatic heterocycles. The van der Waals surface area contributed by atoms with Gasteiger partial charge in [-0.25, -0.2) is 14.4 Å². The summed E-state index contributed by atoms with van der Waals surface area (Å²) in [5.41, 5.74) is 5.04. The lowest BCUT2D eigenvalue weighted by atomic mass is 10.1. The maximum absolute atomic E-state index is 12.8. The lowest BCUT2D eigenvalue weighted by Crippen LogP contribution is -2.15. The Morgan fingerprint density at radius 2 is 2.42 bits per heavy atom. The molecule has 0 aromatic carbocycles. The van der Waals surface area contributed by atoms with Crippen molar-refractivity contribution in [1.82, 2.24) is 9.97 Å². The van der Waals surface area contributed by atoms with Gasteiger partial charge in [0.05, 0.1) is 11.3 Å². The molecule has 64 valence electrons. The first-order valence-electron chi connectivity index (χ1n) is 3.36. The third-order valence-corrected chi connectivity index (χ3v) is 1.39. The van der Waals surface area contributed by atoms with Crippen molar-refractivity contribution in [2.75, 3.05) is 0 Å². The summed E-state index contributed by atoms with van der Waals surface area (Å²) in [6, 6.07) is 0. The summed E-state index contributed by atoms with van der Waals surface area (Å²) in [6.45, 7) is 1.29. The molecule has 4 nitrogen and oxygen atoms in total. The summed E-state index contributed by atoms with van der Waals surface area (Å²) >= 11 is 0. The summed E-state index contributed by atoms with van der Waals surface area (Å²) in [6.07, 6.45) is 1.08. The predicted molar refractivity (Wildman–Crippen MR) is 40.1 cm³/mol. The molecule has 0 bridgehead atoms. The number of carbonyl (C=O) groups is 1. The lowest BCUT2D eigenvalue weighted by molar-refractivity contribution is 0.0996. The second kappa shape index (κ2) is 3.25. The molecule has 0 saturated heterocycles. The molecule has 1 atom stereocenters. The second-order valence-electron chi connectivity index (χ2n) is 2.30. The highest BCUT2D eigenvalue weighted by atomic mass is 19.1. The van der Waals surface area contributed by atoms with Crippen molar-refractivity contribution in [2.24, 2.45) is 5.73 Å². The first-order chi connectivity index (χ1) is 5.63. The summed E-state index contributed by atoms with van der Waals surface area (Å²) in [5, 5.41) is 0. The van der Waals surface area contributed by atoms with E-state index >= 15 is 0 Å². The number of hydrogen-bond donors (Lipinski definition) is 1. The summed E-state index contributed by atoms with van der Waals surface area (Å²) in [5.74, 6) is -0.713. The van der Waals surface area contributed by atoms with Crippen molar-refractivity contribution in [3.05, 3.63) is 23.8 Å². The smallest absolute Gasteiger partial charge is 0.252 e. The van der Waals surface area contributed by atoms with Crippen LogP contribution in [0.3, 0.4) is 0 Å². The molecule has 0 saturated carbocycles. The summed E-state index contributed by atoms with van der Waals surface area (Å²) in [4.78, 5) is 17.9. The molecule has 1 aromatic heterocycles. The van der Waals surface area contributed by atoms with Crippen LogP contribution < -0.4 is 5.73 Å². The normalized spacial score (nSPS) is 12.5. The number of alkyl halides is 1. The van der Waals surface area contributed by atoms with Crippen LogP contribution in [-0.2, 0) is 0 Å². The van der Waals surface area contributed by atoms with Crippen LogP contribution in [0, 0.1) is 0 Å². The zero-order valence-electron chi connectivity index (χ0n) is 6.49. The third-order valence-electron chi connectivity index (χ3n) is 1.39. The van der Waals surface area contributed by atoms with Gasteiger partial charge in [-0.3, -0.25) is 4.79 Å². The van der Waals surface area contributed by atoms with E-state index in [2.05, 4.69) is 9.97 Å². The van der Waals surface area contributed by atoms with Gasteiger partial charge in [-0.2, -0.15) is 0 Å². The number of primary amides is 1. The number of nitrogens with two attached hydrogens (primary N) is 1. The van der Waals surface area contributed by atoms with E-state index in [1.807, 2.05) is 0 Å². The van der Waals surface area contributed by atoms with Gasteiger partial charge in [0.1, 0.15) is 12.5 Å². The minimum atomic E-state index is -1.31. The Labute approximate surface area is 68.6 Å². The first-order valence-corrected chi connectivity index (χ1v) is 3.36. The lowest BCUT2D eigenvalue weighted by Gasteiger charge is -2.03. The summed E-state index contributed by atoms with van der Waals surface area (Å²) in [7, 11) is 0. The number of amides is 1. The third kappa shape index (κ3) is 1.55. The molecule has 12 heavy (non-hydrogen) atoms. The Balaban J connectivity index is 3.17. The molecule has 1 heterocycles. The highest BCUT2D eigenvalue weighted by molar-refractivity contribution is 5.93. The fraction of sp³-hybridized carbons (Fsp3) is 0.286. The van der Waals surface area contributed by atoms with E-state index in [1.165, 1.54) is 19.4 Å². The molecule has 0 spiro atoms. The first kappa shape index (κ1) is 8.58. The molecule has 2 N–H and O–H groups in total. The highest BCUT2D eigenvalue weighted by Crippen LogP contribution is 2.16. The number of hydrogen-bond acceptors (Lipinski definition) is 3. The SMILES string of the molecule is CC(F)c1ncncc1C(N)=O. The van der Waals surface area contributed by atoms with Crippen LogP contribution in [-0.4, -0.2) is 15.9 Å². The van der Waals surface area contributed by atoms with Crippen molar-refractivity contribution in [2.45, 2.75) is 13.1 Å². The van der Waals surface area contributed by atoms with Crippen LogP contribution >= 0.6 is 0 Å². The van der Waals surface area contributed by atoms with Gasteiger partial charge in [-0.05, 0) is 6.92 Å². The van der Waals surface area contributed by atoms with Crippen LogP contribution in [0.25, 0.3) is 0 Å². The minimum Gasteiger partial charge on any atom is -0.365 e. The van der Waals surface area contributed by atoms with Gasteiger partial charge in [-0.1, -0.05) is 0 Å². The van der Waals surface area contributed by atoms with Crippen LogP contribution in [0.4, 0.5) is 4.39 Å². The summed E-state index contributed by atoms with van der Waals surface area (Å²) < 4.78 is 12.8. The second-order valence-corrected chi connectivity index (χ2v) is 2.30. The van der Waals surface area contributed by atoms with E-state index < -0.39 is 12.1 Å². The zero-order chi connectivity index (χ0) is 9.14. The number of nitrogens with zero attached hydrogens (tertiary/aromatic N) is 2. The van der Waals surface area contributed by atoms with Gasteiger partial charge in [0.2, 0.25) is 0 Å². The van der Waals surface area contributed by atoms with Gasteiger partial charge in [0, 0.05) is 6.20 Å². The monoisotopic (exact) mass is 169 g/mol. The fourth-order valence-corrected chi connectivity index (χ4v) is 0.846. The number of aromatic nitrogens is 2. The Morgan fingerprint density at radius 1 is 1.75 bits per heavy atom. The number of rotatable bonds is 2. The minimum absolute atomic E-state index is 0.0347. The van der Waals surface area contributed by atoms with Crippen LogP contribution in [0.1, 0.15) is 29.1 Å². The maximum Gasteiger partial charge on any atom is 0.252 e. The van der Waals surface area contributed by atoms with Crippen molar-refractivity contribution in [1.29, 1.82) is 0 Å². The average Bonchev–Trinajstić information content (AvgIpc) is 2.04. The maximum atomic E-state index is 12.8. The molecular weight excluding hydrogens is 161 g/mol. The zero-order valence-corrected chi connectivity index (χ0v) is 6.49. The van der Waals surface area contributed by atoms with E-state index in [0.29, 0.717) is 0 Å². The molecule has 0 aliphatic carbocycles. The highest BCUT2D eigenvalue weighted by Gasteiger charge is 2.14. The van der Waals surface area contributed by atoms with Gasteiger partial charge < -0.3 is 5.73 Å². The van der Waals surface area contributed by atoms with Crippen LogP contribution in [0.15, 0.2) is 12.5 Å². The van der Waals surface area contributed by atoms with Crippen molar-refractivity contribution in [3.8, 4) is 0 Å². The molecular formula is C7H8FN3O. The van der Waals surface area contributed by atoms with E-state index in [1.54, 1.807) is 0 Å². The molecule has 1 rings (SSSR count). The van der Waals surface area contributed by atoms with Crippen molar-refractivity contribution >= 4 is 5.91 Å². The topological polar surface area (TPSA) is 68.9 Å². The van der Waals surface area contributed by atoms with Crippen molar-refractivity contribution in [3.63, 3.8) is 0 Å². The Bertz CT molecular complexity index is 300. The molecule has 0 aliphatic rings. The van der Waals surface area contributed by atoms with Gasteiger partial charge in [0.15, 0.2) is 0 Å². The molecule has 1 amide bonds. The van der Waals surface area contributed by atoms with E-state index in [-0.39, 0.29) is 11.3 Å². The van der Waals surface area contributed by atoms with Gasteiger partial charge >= 0.3 is 0 Å². The molecule has 1 aromatic rings. The van der Waals surface area contributed by atoms with Crippen LogP contribution in [0.2, 0.25) is 0 Å². The van der Waals surface area contributed by atoms with E-state index in [0.717, 1.165) is 0 Å². The fourth-order valence-electron chi connectivity index (χ4n) is 0.846. The van der Waals surface area contributed by atoms with Gasteiger partial charge in [-0.15, -0.1) is 0 Å². The predicted octanol–water partition coefficient (Wildman–Crippen LogP) is 0.606. The van der Waals surface area contributed by atoms with Crippen LogP contribution in [0.5, 0.6) is 0 Å². The Morgan fingerprint density at radius 3 is 2.83 bits per heavy atom. The number of carbonyl (C=O) groups excluding carboxylic acids is 1. The Hall–Kier alpha value is -1.52. The molecule has 5 heteroatoms.